The molecule has 0 bridgehead atoms. The van der Waals surface area contributed by atoms with E-state index in [1.165, 1.54) is 0 Å². The second-order valence-corrected chi connectivity index (χ2v) is 4.16. The van der Waals surface area contributed by atoms with Crippen LogP contribution in [0.5, 0.6) is 0 Å². The molecule has 0 aliphatic rings. The molecule has 0 spiro atoms. The molecule has 0 aromatic rings. The lowest BCUT2D eigenvalue weighted by molar-refractivity contribution is 0.288. The third-order valence-corrected chi connectivity index (χ3v) is 2.09. The van der Waals surface area contributed by atoms with Crippen molar-refractivity contribution in [3.8, 4) is 0 Å². The summed E-state index contributed by atoms with van der Waals surface area (Å²) in [5.74, 6) is 0.0426. The first-order valence-electron chi connectivity index (χ1n) is 3.18. The van der Waals surface area contributed by atoms with Gasteiger partial charge < -0.3 is 0 Å². The summed E-state index contributed by atoms with van der Waals surface area (Å²) in [5.41, 5.74) is 0. The summed E-state index contributed by atoms with van der Waals surface area (Å²) in [5, 5.41) is 0. The normalized spacial score (nSPS) is 12.4. The molecular weight excluding hydrogens is 152 g/mol. The summed E-state index contributed by atoms with van der Waals surface area (Å²) < 4.78 is 25.9. The van der Waals surface area contributed by atoms with E-state index in [9.17, 15) is 8.42 Å². The predicted molar refractivity (Wildman–Crippen MR) is 39.9 cm³/mol. The summed E-state index contributed by atoms with van der Waals surface area (Å²) in [4.78, 5) is 0. The van der Waals surface area contributed by atoms with E-state index in [4.69, 9.17) is 0 Å². The van der Waals surface area contributed by atoms with Crippen LogP contribution in [0, 0.1) is 12.8 Å². The Balaban J connectivity index is 3.70. The second kappa shape index (κ2) is 3.93. The van der Waals surface area contributed by atoms with Crippen LogP contribution in [0.25, 0.3) is 0 Å². The molecule has 0 rings (SSSR count). The van der Waals surface area contributed by atoms with Gasteiger partial charge in [-0.15, -0.1) is 0 Å². The van der Waals surface area contributed by atoms with Gasteiger partial charge in [-0.2, -0.15) is 8.42 Å². The van der Waals surface area contributed by atoms with E-state index >= 15 is 0 Å². The summed E-state index contributed by atoms with van der Waals surface area (Å²) in [7, 11) is -3.25. The van der Waals surface area contributed by atoms with Gasteiger partial charge in [-0.1, -0.05) is 6.92 Å². The van der Waals surface area contributed by atoms with Crippen molar-refractivity contribution < 1.29 is 12.6 Å². The molecule has 0 heterocycles. The summed E-state index contributed by atoms with van der Waals surface area (Å²) in [6.07, 6.45) is 0. The van der Waals surface area contributed by atoms with Crippen molar-refractivity contribution in [2.24, 2.45) is 5.92 Å². The number of hydrogen-bond donors (Lipinski definition) is 0. The van der Waals surface area contributed by atoms with Gasteiger partial charge in [0.15, 0.2) is 0 Å². The Hall–Kier alpha value is -0.0900. The summed E-state index contributed by atoms with van der Waals surface area (Å²) in [6.45, 7) is 7.10. The molecule has 0 N–H and O–H groups in total. The van der Waals surface area contributed by atoms with Gasteiger partial charge in [-0.05, 0) is 19.8 Å². The van der Waals surface area contributed by atoms with Crippen molar-refractivity contribution >= 4 is 10.1 Å². The van der Waals surface area contributed by atoms with Crippen molar-refractivity contribution in [1.29, 1.82) is 0 Å². The maximum atomic E-state index is 10.7. The molecule has 10 heavy (non-hydrogen) atoms. The van der Waals surface area contributed by atoms with Gasteiger partial charge in [-0.3, -0.25) is 4.18 Å². The first kappa shape index (κ1) is 9.91. The van der Waals surface area contributed by atoms with E-state index in [0.717, 1.165) is 0 Å². The van der Waals surface area contributed by atoms with Gasteiger partial charge in [0.25, 0.3) is 10.1 Å². The second-order valence-electron chi connectivity index (χ2n) is 2.24. The van der Waals surface area contributed by atoms with Gasteiger partial charge in [-0.25, -0.2) is 0 Å². The fraction of sp³-hybridized carbons (Fsp3) is 0.833. The van der Waals surface area contributed by atoms with E-state index < -0.39 is 10.1 Å². The van der Waals surface area contributed by atoms with Gasteiger partial charge in [0.2, 0.25) is 0 Å². The summed E-state index contributed by atoms with van der Waals surface area (Å²) in [6, 6.07) is 0. The van der Waals surface area contributed by atoms with Crippen LogP contribution in [-0.2, 0) is 14.3 Å². The predicted octanol–water partition coefficient (Wildman–Crippen LogP) is 0.823. The molecule has 0 aliphatic carbocycles. The first-order chi connectivity index (χ1) is 4.48. The molecule has 1 unspecified atom stereocenters. The van der Waals surface area contributed by atoms with Gasteiger partial charge in [0, 0.05) is 0 Å². The fourth-order valence-corrected chi connectivity index (χ4v) is 0.909. The lowest BCUT2D eigenvalue weighted by Crippen LogP contribution is -2.12. The van der Waals surface area contributed by atoms with Gasteiger partial charge in [0.1, 0.15) is 0 Å². The third-order valence-electron chi connectivity index (χ3n) is 0.886. The highest BCUT2D eigenvalue weighted by Gasteiger charge is 2.07. The zero-order valence-corrected chi connectivity index (χ0v) is 7.15. The summed E-state index contributed by atoms with van der Waals surface area (Å²) >= 11 is 0. The molecule has 0 aliphatic heterocycles. The van der Waals surface area contributed by atoms with Crippen LogP contribution in [0.4, 0.5) is 0 Å². The minimum Gasteiger partial charge on any atom is -0.270 e. The van der Waals surface area contributed by atoms with Crippen molar-refractivity contribution in [3.63, 3.8) is 0 Å². The van der Waals surface area contributed by atoms with Gasteiger partial charge in [0.05, 0.1) is 12.4 Å². The molecular formula is C6H13O3S. The molecule has 0 fully saturated rings. The number of hydrogen-bond acceptors (Lipinski definition) is 3. The Morgan fingerprint density at radius 2 is 2.10 bits per heavy atom. The molecule has 3 nitrogen and oxygen atoms in total. The first-order valence-corrected chi connectivity index (χ1v) is 4.76. The standard InChI is InChI=1S/C6H13O3S/c1-4-10(7,8)9-5-6(2)3/h6H,2,4-5H2,1,3H3. The van der Waals surface area contributed by atoms with Gasteiger partial charge >= 0.3 is 0 Å². The molecule has 0 saturated carbocycles. The van der Waals surface area contributed by atoms with E-state index in [1.807, 2.05) is 0 Å². The Morgan fingerprint density at radius 1 is 1.60 bits per heavy atom. The zero-order valence-electron chi connectivity index (χ0n) is 6.33. The third kappa shape index (κ3) is 4.76. The van der Waals surface area contributed by atoms with E-state index in [0.29, 0.717) is 0 Å². The molecule has 1 radical (unpaired) electrons. The zero-order chi connectivity index (χ0) is 8.20. The number of rotatable bonds is 4. The van der Waals surface area contributed by atoms with Crippen LogP contribution >= 0.6 is 0 Å². The molecule has 0 amide bonds. The smallest absolute Gasteiger partial charge is 0.267 e. The maximum absolute atomic E-state index is 10.7. The highest BCUT2D eigenvalue weighted by Crippen LogP contribution is 1.97. The molecule has 0 aromatic carbocycles. The molecule has 0 aromatic heterocycles. The molecule has 0 saturated heterocycles. The highest BCUT2D eigenvalue weighted by atomic mass is 32.2. The molecule has 1 atom stereocenters. The molecule has 61 valence electrons. The quantitative estimate of drug-likeness (QED) is 0.579. The lowest BCUT2D eigenvalue weighted by atomic mass is 10.2. The average Bonchev–Trinajstić information content (AvgIpc) is 1.85. The van der Waals surface area contributed by atoms with Crippen LogP contribution in [0.3, 0.4) is 0 Å². The van der Waals surface area contributed by atoms with Crippen molar-refractivity contribution in [3.05, 3.63) is 6.92 Å². The topological polar surface area (TPSA) is 43.4 Å². The van der Waals surface area contributed by atoms with E-state index in [2.05, 4.69) is 11.1 Å². The minimum absolute atomic E-state index is 0.0151. The van der Waals surface area contributed by atoms with Crippen LogP contribution in [-0.4, -0.2) is 20.8 Å². The molecule has 4 heteroatoms. The Bertz CT molecular complexity index is 169. The lowest BCUT2D eigenvalue weighted by Gasteiger charge is -2.04. The van der Waals surface area contributed by atoms with Crippen LogP contribution in [0.1, 0.15) is 13.8 Å². The Morgan fingerprint density at radius 3 is 2.40 bits per heavy atom. The van der Waals surface area contributed by atoms with E-state index in [1.54, 1.807) is 13.8 Å². The van der Waals surface area contributed by atoms with Crippen LogP contribution in [0.2, 0.25) is 0 Å². The average molecular weight is 165 g/mol. The SMILES string of the molecule is [CH2]C(C)COS(=O)(=O)CC. The van der Waals surface area contributed by atoms with E-state index in [-0.39, 0.29) is 18.3 Å². The Kier molecular flexibility index (Phi) is 3.89. The Labute approximate surface area is 62.5 Å². The highest BCUT2D eigenvalue weighted by molar-refractivity contribution is 7.86. The van der Waals surface area contributed by atoms with Crippen molar-refractivity contribution in [1.82, 2.24) is 0 Å². The maximum Gasteiger partial charge on any atom is 0.267 e. The minimum atomic E-state index is -3.25. The fourth-order valence-electron chi connectivity index (χ4n) is 0.303. The van der Waals surface area contributed by atoms with Crippen LogP contribution < -0.4 is 0 Å². The van der Waals surface area contributed by atoms with Crippen molar-refractivity contribution in [2.45, 2.75) is 13.8 Å². The van der Waals surface area contributed by atoms with Crippen LogP contribution in [0.15, 0.2) is 0 Å². The van der Waals surface area contributed by atoms with Crippen molar-refractivity contribution in [2.75, 3.05) is 12.4 Å². The largest absolute Gasteiger partial charge is 0.270 e. The monoisotopic (exact) mass is 165 g/mol.